The van der Waals surface area contributed by atoms with Crippen molar-refractivity contribution in [3.05, 3.63) is 28.2 Å². The van der Waals surface area contributed by atoms with Crippen molar-refractivity contribution in [1.29, 1.82) is 0 Å². The Morgan fingerprint density at radius 1 is 1.57 bits per heavy atom. The molecule has 0 radical (unpaired) electrons. The third-order valence-corrected chi connectivity index (χ3v) is 2.29. The molecule has 2 nitrogen and oxygen atoms in total. The van der Waals surface area contributed by atoms with Crippen LogP contribution in [0.1, 0.15) is 18.5 Å². The molecule has 0 aliphatic carbocycles. The summed E-state index contributed by atoms with van der Waals surface area (Å²) in [6.07, 6.45) is 0. The molecule has 0 heterocycles. The minimum absolute atomic E-state index is 0.0656. The Morgan fingerprint density at radius 3 is 2.86 bits per heavy atom. The van der Waals surface area contributed by atoms with E-state index in [1.807, 2.05) is 19.1 Å². The zero-order valence-corrected chi connectivity index (χ0v) is 9.55. The molecule has 0 spiro atoms. The first-order chi connectivity index (χ1) is 6.65. The third-order valence-electron chi connectivity index (χ3n) is 1.80. The second-order valence-electron chi connectivity index (χ2n) is 3.01. The van der Waals surface area contributed by atoms with Crippen LogP contribution in [-0.4, -0.2) is 13.3 Å². The number of alkyl halides is 1. The van der Waals surface area contributed by atoms with Crippen molar-refractivity contribution in [2.75, 3.05) is 13.3 Å². The molecule has 78 valence electrons. The number of nitrogens with two attached hydrogens (primary N) is 1. The van der Waals surface area contributed by atoms with Gasteiger partial charge in [-0.1, -0.05) is 22.0 Å². The van der Waals surface area contributed by atoms with Gasteiger partial charge >= 0.3 is 0 Å². The molecular formula is C10H13BrFNO. The molecule has 1 atom stereocenters. The average molecular weight is 262 g/mol. The minimum Gasteiger partial charge on any atom is -0.490 e. The molecular weight excluding hydrogens is 249 g/mol. The Labute approximate surface area is 91.4 Å². The molecule has 0 aliphatic heterocycles. The van der Waals surface area contributed by atoms with Crippen LogP contribution in [0.4, 0.5) is 4.39 Å². The summed E-state index contributed by atoms with van der Waals surface area (Å²) in [6, 6.07) is 5.45. The van der Waals surface area contributed by atoms with Crippen LogP contribution >= 0.6 is 15.9 Å². The number of benzene rings is 1. The summed E-state index contributed by atoms with van der Waals surface area (Å²) in [6.45, 7) is 1.44. The quantitative estimate of drug-likeness (QED) is 0.905. The molecule has 4 heteroatoms. The Bertz CT molecular complexity index is 304. The Balaban J connectivity index is 2.91. The SMILES string of the molecule is C[C@@H](N)c1ccc(Br)cc1OCCF. The standard InChI is InChI=1S/C10H13BrFNO/c1-7(13)9-3-2-8(11)6-10(9)14-5-4-12/h2-3,6-7H,4-5,13H2,1H3/t7-/m1/s1. The van der Waals surface area contributed by atoms with Crippen LogP contribution in [0.15, 0.2) is 22.7 Å². The Hall–Kier alpha value is -0.610. The monoisotopic (exact) mass is 261 g/mol. The summed E-state index contributed by atoms with van der Waals surface area (Å²) in [4.78, 5) is 0. The highest BCUT2D eigenvalue weighted by molar-refractivity contribution is 9.10. The molecule has 0 saturated carbocycles. The first-order valence-corrected chi connectivity index (χ1v) is 5.18. The molecule has 0 bridgehead atoms. The van der Waals surface area contributed by atoms with E-state index in [1.54, 1.807) is 6.07 Å². The minimum atomic E-state index is -0.495. The first kappa shape index (κ1) is 11.5. The van der Waals surface area contributed by atoms with E-state index in [0.29, 0.717) is 5.75 Å². The van der Waals surface area contributed by atoms with Crippen LogP contribution in [-0.2, 0) is 0 Å². The van der Waals surface area contributed by atoms with E-state index in [9.17, 15) is 4.39 Å². The maximum atomic E-state index is 11.9. The zero-order valence-electron chi connectivity index (χ0n) is 7.97. The van der Waals surface area contributed by atoms with Crippen LogP contribution < -0.4 is 10.5 Å². The van der Waals surface area contributed by atoms with Crippen LogP contribution in [0, 0.1) is 0 Å². The predicted octanol–water partition coefficient (Wildman–Crippen LogP) is 2.82. The second kappa shape index (κ2) is 5.32. The van der Waals surface area contributed by atoms with Crippen molar-refractivity contribution in [3.63, 3.8) is 0 Å². The van der Waals surface area contributed by atoms with Gasteiger partial charge in [0.2, 0.25) is 0 Å². The van der Waals surface area contributed by atoms with Gasteiger partial charge in [0.15, 0.2) is 0 Å². The van der Waals surface area contributed by atoms with E-state index in [1.165, 1.54) is 0 Å². The predicted molar refractivity (Wildman–Crippen MR) is 58.2 cm³/mol. The van der Waals surface area contributed by atoms with Gasteiger partial charge in [-0.25, -0.2) is 4.39 Å². The highest BCUT2D eigenvalue weighted by atomic mass is 79.9. The Kier molecular flexibility index (Phi) is 4.35. The first-order valence-electron chi connectivity index (χ1n) is 4.39. The van der Waals surface area contributed by atoms with Crippen molar-refractivity contribution in [2.24, 2.45) is 5.73 Å². The lowest BCUT2D eigenvalue weighted by Crippen LogP contribution is -2.09. The van der Waals surface area contributed by atoms with Gasteiger partial charge in [0.25, 0.3) is 0 Å². The van der Waals surface area contributed by atoms with E-state index >= 15 is 0 Å². The van der Waals surface area contributed by atoms with Gasteiger partial charge in [-0.15, -0.1) is 0 Å². The van der Waals surface area contributed by atoms with E-state index in [4.69, 9.17) is 10.5 Å². The van der Waals surface area contributed by atoms with Gasteiger partial charge in [0.1, 0.15) is 19.0 Å². The van der Waals surface area contributed by atoms with E-state index in [2.05, 4.69) is 15.9 Å². The van der Waals surface area contributed by atoms with Crippen LogP contribution in [0.3, 0.4) is 0 Å². The smallest absolute Gasteiger partial charge is 0.125 e. The molecule has 0 unspecified atom stereocenters. The fourth-order valence-electron chi connectivity index (χ4n) is 1.16. The van der Waals surface area contributed by atoms with Crippen LogP contribution in [0.5, 0.6) is 5.75 Å². The number of hydrogen-bond acceptors (Lipinski definition) is 2. The molecule has 14 heavy (non-hydrogen) atoms. The largest absolute Gasteiger partial charge is 0.490 e. The fourth-order valence-corrected chi connectivity index (χ4v) is 1.50. The van der Waals surface area contributed by atoms with E-state index in [-0.39, 0.29) is 12.6 Å². The van der Waals surface area contributed by atoms with Crippen LogP contribution in [0.2, 0.25) is 0 Å². The summed E-state index contributed by atoms with van der Waals surface area (Å²) in [5.41, 5.74) is 6.64. The molecule has 1 aromatic carbocycles. The normalized spacial score (nSPS) is 12.6. The second-order valence-corrected chi connectivity index (χ2v) is 3.92. The van der Waals surface area contributed by atoms with Crippen molar-refractivity contribution < 1.29 is 9.13 Å². The number of ether oxygens (including phenoxy) is 1. The highest BCUT2D eigenvalue weighted by Crippen LogP contribution is 2.27. The van der Waals surface area contributed by atoms with Gasteiger partial charge in [-0.05, 0) is 19.1 Å². The van der Waals surface area contributed by atoms with Gasteiger partial charge in [0, 0.05) is 16.1 Å². The van der Waals surface area contributed by atoms with Crippen molar-refractivity contribution in [3.8, 4) is 5.75 Å². The summed E-state index contributed by atoms with van der Waals surface area (Å²) in [7, 11) is 0. The maximum absolute atomic E-state index is 11.9. The number of halogens is 2. The highest BCUT2D eigenvalue weighted by Gasteiger charge is 2.08. The lowest BCUT2D eigenvalue weighted by atomic mass is 10.1. The van der Waals surface area contributed by atoms with Crippen molar-refractivity contribution in [2.45, 2.75) is 13.0 Å². The van der Waals surface area contributed by atoms with E-state index in [0.717, 1.165) is 10.0 Å². The lowest BCUT2D eigenvalue weighted by molar-refractivity contribution is 0.270. The molecule has 1 rings (SSSR count). The molecule has 0 amide bonds. The summed E-state index contributed by atoms with van der Waals surface area (Å²) >= 11 is 3.32. The molecule has 0 aromatic heterocycles. The average Bonchev–Trinajstić information content (AvgIpc) is 2.14. The number of hydrogen-bond donors (Lipinski definition) is 1. The van der Waals surface area contributed by atoms with Gasteiger partial charge in [-0.2, -0.15) is 0 Å². The summed E-state index contributed by atoms with van der Waals surface area (Å²) < 4.78 is 18.1. The van der Waals surface area contributed by atoms with Gasteiger partial charge < -0.3 is 10.5 Å². The Morgan fingerprint density at radius 2 is 2.29 bits per heavy atom. The molecule has 1 aromatic rings. The zero-order chi connectivity index (χ0) is 10.6. The summed E-state index contributed by atoms with van der Waals surface area (Å²) in [5.74, 6) is 0.645. The summed E-state index contributed by atoms with van der Waals surface area (Å²) in [5, 5.41) is 0. The van der Waals surface area contributed by atoms with Crippen molar-refractivity contribution in [1.82, 2.24) is 0 Å². The lowest BCUT2D eigenvalue weighted by Gasteiger charge is -2.13. The van der Waals surface area contributed by atoms with Crippen molar-refractivity contribution >= 4 is 15.9 Å². The molecule has 2 N–H and O–H groups in total. The molecule has 0 fully saturated rings. The van der Waals surface area contributed by atoms with Gasteiger partial charge in [-0.3, -0.25) is 0 Å². The van der Waals surface area contributed by atoms with Gasteiger partial charge in [0.05, 0.1) is 0 Å². The van der Waals surface area contributed by atoms with E-state index < -0.39 is 6.67 Å². The maximum Gasteiger partial charge on any atom is 0.125 e. The van der Waals surface area contributed by atoms with Crippen LogP contribution in [0.25, 0.3) is 0 Å². The topological polar surface area (TPSA) is 35.2 Å². The molecule has 0 saturated heterocycles. The number of rotatable bonds is 4. The third kappa shape index (κ3) is 2.96. The molecule has 0 aliphatic rings. The fraction of sp³-hybridized carbons (Fsp3) is 0.400.